The predicted octanol–water partition coefficient (Wildman–Crippen LogP) is 3.08. The number of anilines is 2. The third-order valence-corrected chi connectivity index (χ3v) is 2.89. The van der Waals surface area contributed by atoms with Gasteiger partial charge in [-0.1, -0.05) is 0 Å². The van der Waals surface area contributed by atoms with Gasteiger partial charge in [0.2, 0.25) is 17.8 Å². The molecule has 1 fully saturated rings. The van der Waals surface area contributed by atoms with E-state index in [1.165, 1.54) is 0 Å². The molecule has 1 N–H and O–H groups in total. The minimum Gasteiger partial charge on any atom is -0.324 e. The second-order valence-electron chi connectivity index (χ2n) is 4.66. The van der Waals surface area contributed by atoms with E-state index in [0.29, 0.717) is 11.9 Å². The fraction of sp³-hybridized carbons (Fsp3) is 0.308. The molecule has 1 saturated carbocycles. The highest BCUT2D eigenvalue weighted by atomic mass is 19.1. The number of hydrogen-bond donors (Lipinski definition) is 1. The van der Waals surface area contributed by atoms with Gasteiger partial charge in [0.15, 0.2) is 0 Å². The Morgan fingerprint density at radius 2 is 1.74 bits per heavy atom. The summed E-state index contributed by atoms with van der Waals surface area (Å²) < 4.78 is 26.0. The highest BCUT2D eigenvalue weighted by molar-refractivity contribution is 5.52. The topological polar surface area (TPSA) is 50.7 Å². The minimum absolute atomic E-state index is 0.248. The van der Waals surface area contributed by atoms with Crippen molar-refractivity contribution < 1.29 is 8.78 Å². The zero-order valence-electron chi connectivity index (χ0n) is 10.3. The lowest BCUT2D eigenvalue weighted by atomic mass is 10.2. The summed E-state index contributed by atoms with van der Waals surface area (Å²) in [7, 11) is 0. The van der Waals surface area contributed by atoms with Crippen molar-refractivity contribution in [1.82, 2.24) is 15.0 Å². The lowest BCUT2D eigenvalue weighted by molar-refractivity contribution is 0.514. The standard InChI is InChI=1S/C13H12F2N4/c1-7-4-10(8-2-3-8)18-13(16-7)17-9-5-11(14)19-12(15)6-9/h4-6,8H,2-3H2,1H3,(H,16,17,18,19). The van der Waals surface area contributed by atoms with Gasteiger partial charge in [-0.25, -0.2) is 9.97 Å². The van der Waals surface area contributed by atoms with Crippen LogP contribution < -0.4 is 5.32 Å². The van der Waals surface area contributed by atoms with Crippen molar-refractivity contribution >= 4 is 11.6 Å². The molecule has 0 atom stereocenters. The third-order valence-electron chi connectivity index (χ3n) is 2.89. The van der Waals surface area contributed by atoms with Crippen LogP contribution in [0.1, 0.15) is 30.1 Å². The first-order valence-electron chi connectivity index (χ1n) is 6.06. The molecule has 0 spiro atoms. The Labute approximate surface area is 108 Å². The maximum Gasteiger partial charge on any atom is 0.227 e. The van der Waals surface area contributed by atoms with Crippen LogP contribution in [-0.4, -0.2) is 15.0 Å². The molecule has 1 aliphatic rings. The zero-order valence-corrected chi connectivity index (χ0v) is 10.3. The molecule has 2 heterocycles. The number of pyridine rings is 1. The van der Waals surface area contributed by atoms with Gasteiger partial charge in [0, 0.05) is 35.1 Å². The molecule has 0 aliphatic heterocycles. The van der Waals surface area contributed by atoms with Crippen molar-refractivity contribution in [3.63, 3.8) is 0 Å². The highest BCUT2D eigenvalue weighted by Crippen LogP contribution is 2.39. The van der Waals surface area contributed by atoms with Crippen molar-refractivity contribution in [3.8, 4) is 0 Å². The lowest BCUT2D eigenvalue weighted by Crippen LogP contribution is -2.02. The van der Waals surface area contributed by atoms with E-state index in [1.807, 2.05) is 13.0 Å². The largest absolute Gasteiger partial charge is 0.324 e. The van der Waals surface area contributed by atoms with Gasteiger partial charge in [-0.3, -0.25) is 0 Å². The van der Waals surface area contributed by atoms with Crippen molar-refractivity contribution in [2.75, 3.05) is 5.32 Å². The van der Waals surface area contributed by atoms with Crippen LogP contribution in [0.3, 0.4) is 0 Å². The summed E-state index contributed by atoms with van der Waals surface area (Å²) in [5, 5.41) is 2.81. The van der Waals surface area contributed by atoms with Gasteiger partial charge in [0.1, 0.15) is 0 Å². The maximum absolute atomic E-state index is 13.0. The first-order chi connectivity index (χ1) is 9.10. The van der Waals surface area contributed by atoms with Gasteiger partial charge in [0.05, 0.1) is 0 Å². The van der Waals surface area contributed by atoms with E-state index in [9.17, 15) is 8.78 Å². The van der Waals surface area contributed by atoms with Crippen LogP contribution in [0.2, 0.25) is 0 Å². The van der Waals surface area contributed by atoms with E-state index in [0.717, 1.165) is 36.4 Å². The van der Waals surface area contributed by atoms with Gasteiger partial charge >= 0.3 is 0 Å². The Kier molecular flexibility index (Phi) is 2.85. The molecule has 0 aromatic carbocycles. The number of halogens is 2. The Morgan fingerprint density at radius 1 is 1.05 bits per heavy atom. The fourth-order valence-electron chi connectivity index (χ4n) is 1.90. The van der Waals surface area contributed by atoms with Gasteiger partial charge < -0.3 is 5.32 Å². The average Bonchev–Trinajstić information content (AvgIpc) is 3.09. The summed E-state index contributed by atoms with van der Waals surface area (Å²) in [6.45, 7) is 1.87. The van der Waals surface area contributed by atoms with E-state index in [4.69, 9.17) is 0 Å². The molecule has 1 aliphatic carbocycles. The second kappa shape index (κ2) is 4.53. The maximum atomic E-state index is 13.0. The SMILES string of the molecule is Cc1cc(C2CC2)nc(Nc2cc(F)nc(F)c2)n1. The summed E-state index contributed by atoms with van der Waals surface area (Å²) in [6.07, 6.45) is 2.27. The van der Waals surface area contributed by atoms with E-state index in [-0.39, 0.29) is 5.69 Å². The normalized spacial score (nSPS) is 14.5. The molecular weight excluding hydrogens is 250 g/mol. The highest BCUT2D eigenvalue weighted by Gasteiger charge is 2.25. The molecule has 4 nitrogen and oxygen atoms in total. The molecule has 0 unspecified atom stereocenters. The van der Waals surface area contributed by atoms with Crippen molar-refractivity contribution in [1.29, 1.82) is 0 Å². The quantitative estimate of drug-likeness (QED) is 0.864. The molecule has 0 bridgehead atoms. The first-order valence-corrected chi connectivity index (χ1v) is 6.06. The summed E-state index contributed by atoms with van der Waals surface area (Å²) in [4.78, 5) is 11.6. The van der Waals surface area contributed by atoms with Gasteiger partial charge in [-0.15, -0.1) is 0 Å². The lowest BCUT2D eigenvalue weighted by Gasteiger charge is -2.07. The summed E-state index contributed by atoms with van der Waals surface area (Å²) in [5.74, 6) is -0.907. The van der Waals surface area contributed by atoms with Crippen LogP contribution in [0.5, 0.6) is 0 Å². The molecule has 2 aromatic rings. The number of aryl methyl sites for hydroxylation is 1. The van der Waals surface area contributed by atoms with E-state index < -0.39 is 11.9 Å². The minimum atomic E-state index is -0.877. The number of nitrogens with one attached hydrogen (secondary N) is 1. The van der Waals surface area contributed by atoms with E-state index in [2.05, 4.69) is 20.3 Å². The Bertz CT molecular complexity index is 606. The molecule has 0 amide bonds. The van der Waals surface area contributed by atoms with Crippen LogP contribution in [0.25, 0.3) is 0 Å². The predicted molar refractivity (Wildman–Crippen MR) is 66.2 cm³/mol. The number of rotatable bonds is 3. The average molecular weight is 262 g/mol. The number of aromatic nitrogens is 3. The van der Waals surface area contributed by atoms with Crippen LogP contribution in [-0.2, 0) is 0 Å². The van der Waals surface area contributed by atoms with E-state index >= 15 is 0 Å². The molecule has 98 valence electrons. The molecule has 0 radical (unpaired) electrons. The van der Waals surface area contributed by atoms with Gasteiger partial charge in [-0.05, 0) is 25.8 Å². The molecule has 0 saturated heterocycles. The molecular formula is C13H12F2N4. The van der Waals surface area contributed by atoms with Gasteiger partial charge in [0.25, 0.3) is 0 Å². The van der Waals surface area contributed by atoms with E-state index in [1.54, 1.807) is 0 Å². The monoisotopic (exact) mass is 262 g/mol. The second-order valence-corrected chi connectivity index (χ2v) is 4.66. The number of nitrogens with zero attached hydrogens (tertiary/aromatic N) is 3. The van der Waals surface area contributed by atoms with Crippen LogP contribution in [0, 0.1) is 18.8 Å². The third kappa shape index (κ3) is 2.83. The molecule has 6 heteroatoms. The zero-order chi connectivity index (χ0) is 13.4. The summed E-state index contributed by atoms with van der Waals surface area (Å²) in [5.41, 5.74) is 2.05. The summed E-state index contributed by atoms with van der Waals surface area (Å²) >= 11 is 0. The Morgan fingerprint density at radius 3 is 2.37 bits per heavy atom. The Hall–Kier alpha value is -2.11. The smallest absolute Gasteiger partial charge is 0.227 e. The van der Waals surface area contributed by atoms with Crippen molar-refractivity contribution in [2.24, 2.45) is 0 Å². The van der Waals surface area contributed by atoms with Crippen molar-refractivity contribution in [2.45, 2.75) is 25.7 Å². The van der Waals surface area contributed by atoms with Crippen LogP contribution >= 0.6 is 0 Å². The van der Waals surface area contributed by atoms with Crippen LogP contribution in [0.4, 0.5) is 20.4 Å². The Balaban J connectivity index is 1.89. The molecule has 19 heavy (non-hydrogen) atoms. The molecule has 3 rings (SSSR count). The molecule has 2 aromatic heterocycles. The van der Waals surface area contributed by atoms with Crippen LogP contribution in [0.15, 0.2) is 18.2 Å². The first kappa shape index (κ1) is 12.0. The van der Waals surface area contributed by atoms with Crippen molar-refractivity contribution in [3.05, 3.63) is 41.5 Å². The summed E-state index contributed by atoms with van der Waals surface area (Å²) in [6, 6.07) is 4.15. The fourth-order valence-corrected chi connectivity index (χ4v) is 1.90. The van der Waals surface area contributed by atoms with Gasteiger partial charge in [-0.2, -0.15) is 13.8 Å². The number of hydrogen-bond acceptors (Lipinski definition) is 4.